The first-order valence-corrected chi connectivity index (χ1v) is 4.44. The molecule has 4 N–H and O–H groups in total. The molecule has 2 nitrogen and oxygen atoms in total. The number of piperidine rings is 1. The summed E-state index contributed by atoms with van der Waals surface area (Å²) in [5.41, 5.74) is 4.16. The maximum atomic E-state index is 4.16. The average molecular weight is 142 g/mol. The van der Waals surface area contributed by atoms with E-state index in [2.05, 4.69) is 12.8 Å². The molecule has 10 heavy (non-hydrogen) atoms. The van der Waals surface area contributed by atoms with Crippen LogP contribution in [0.15, 0.2) is 0 Å². The van der Waals surface area contributed by atoms with Gasteiger partial charge >= 0.3 is 0 Å². The molecule has 2 bridgehead atoms. The van der Waals surface area contributed by atoms with Crippen molar-refractivity contribution in [3.8, 4) is 0 Å². The van der Waals surface area contributed by atoms with Crippen molar-refractivity contribution in [3.63, 3.8) is 0 Å². The molecule has 2 aliphatic rings. The SMILES string of the molecule is C[NH+]1[C@@H]2CC[C@H]1CC([NH3+])C2. The minimum absolute atomic E-state index is 0.765. The molecule has 2 saturated heterocycles. The first-order chi connectivity index (χ1) is 4.77. The van der Waals surface area contributed by atoms with E-state index in [-0.39, 0.29) is 0 Å². The van der Waals surface area contributed by atoms with Crippen molar-refractivity contribution in [1.29, 1.82) is 0 Å². The number of quaternary nitrogens is 2. The van der Waals surface area contributed by atoms with E-state index in [0.717, 1.165) is 18.1 Å². The van der Waals surface area contributed by atoms with Crippen LogP contribution in [-0.4, -0.2) is 25.2 Å². The quantitative estimate of drug-likeness (QED) is 0.410. The molecular formula is C8H18N2+2. The Kier molecular flexibility index (Phi) is 1.46. The van der Waals surface area contributed by atoms with E-state index in [1.165, 1.54) is 25.7 Å². The van der Waals surface area contributed by atoms with Gasteiger partial charge in [-0.05, 0) is 0 Å². The molecule has 0 radical (unpaired) electrons. The molecule has 0 aromatic rings. The van der Waals surface area contributed by atoms with Crippen molar-refractivity contribution in [1.82, 2.24) is 0 Å². The molecule has 0 aliphatic carbocycles. The molecular weight excluding hydrogens is 124 g/mol. The van der Waals surface area contributed by atoms with Crippen molar-refractivity contribution in [2.45, 2.75) is 43.8 Å². The highest BCUT2D eigenvalue weighted by Crippen LogP contribution is 2.19. The van der Waals surface area contributed by atoms with E-state index in [0.29, 0.717) is 0 Å². The van der Waals surface area contributed by atoms with Gasteiger partial charge in [0.2, 0.25) is 0 Å². The smallest absolute Gasteiger partial charge is 0.0958 e. The Morgan fingerprint density at radius 2 is 1.70 bits per heavy atom. The summed E-state index contributed by atoms with van der Waals surface area (Å²) in [5.74, 6) is 0. The van der Waals surface area contributed by atoms with Crippen LogP contribution in [0.1, 0.15) is 25.7 Å². The molecule has 0 amide bonds. The number of hydrogen-bond donors (Lipinski definition) is 2. The molecule has 2 heterocycles. The minimum Gasteiger partial charge on any atom is -0.355 e. The number of hydrogen-bond acceptors (Lipinski definition) is 0. The van der Waals surface area contributed by atoms with E-state index >= 15 is 0 Å². The van der Waals surface area contributed by atoms with Crippen LogP contribution in [-0.2, 0) is 0 Å². The molecule has 2 unspecified atom stereocenters. The van der Waals surface area contributed by atoms with Crippen LogP contribution in [0.3, 0.4) is 0 Å². The van der Waals surface area contributed by atoms with Crippen LogP contribution in [0, 0.1) is 0 Å². The Morgan fingerprint density at radius 1 is 1.20 bits per heavy atom. The Morgan fingerprint density at radius 3 is 2.20 bits per heavy atom. The lowest BCUT2D eigenvalue weighted by Gasteiger charge is -2.29. The van der Waals surface area contributed by atoms with Gasteiger partial charge in [0.25, 0.3) is 0 Å². The Hall–Kier alpha value is -0.0800. The summed E-state index contributed by atoms with van der Waals surface area (Å²) in [7, 11) is 2.36. The summed E-state index contributed by atoms with van der Waals surface area (Å²) in [6.45, 7) is 0. The zero-order valence-electron chi connectivity index (χ0n) is 6.77. The number of nitrogens with one attached hydrogen (secondary N) is 1. The van der Waals surface area contributed by atoms with Gasteiger partial charge in [-0.2, -0.15) is 0 Å². The summed E-state index contributed by atoms with van der Waals surface area (Å²) >= 11 is 0. The summed E-state index contributed by atoms with van der Waals surface area (Å²) in [6, 6.07) is 2.68. The molecule has 2 heteroatoms. The standard InChI is InChI=1S/C8H16N2/c1-10-7-2-3-8(10)5-6(9)4-7/h6-8H,2-5,9H2,1H3/p+2/t6?,7-,8+. The highest BCUT2D eigenvalue weighted by Gasteiger charge is 2.42. The van der Waals surface area contributed by atoms with Crippen LogP contribution in [0.5, 0.6) is 0 Å². The van der Waals surface area contributed by atoms with E-state index in [9.17, 15) is 0 Å². The second-order valence-corrected chi connectivity index (χ2v) is 4.05. The molecule has 0 saturated carbocycles. The number of fused-ring (bicyclic) bond motifs is 2. The van der Waals surface area contributed by atoms with Crippen LogP contribution in [0.25, 0.3) is 0 Å². The topological polar surface area (TPSA) is 32.1 Å². The van der Waals surface area contributed by atoms with Gasteiger partial charge in [-0.25, -0.2) is 0 Å². The van der Waals surface area contributed by atoms with Crippen molar-refractivity contribution >= 4 is 0 Å². The first-order valence-electron chi connectivity index (χ1n) is 4.44. The fraction of sp³-hybridized carbons (Fsp3) is 1.00. The van der Waals surface area contributed by atoms with Gasteiger partial charge in [-0.15, -0.1) is 0 Å². The van der Waals surface area contributed by atoms with Crippen molar-refractivity contribution < 1.29 is 10.6 Å². The lowest BCUT2D eigenvalue weighted by atomic mass is 9.99. The molecule has 58 valence electrons. The zero-order valence-corrected chi connectivity index (χ0v) is 6.77. The normalized spacial score (nSPS) is 53.4. The first kappa shape index (κ1) is 6.62. The van der Waals surface area contributed by atoms with Crippen molar-refractivity contribution in [2.24, 2.45) is 0 Å². The fourth-order valence-corrected chi connectivity index (χ4v) is 2.70. The van der Waals surface area contributed by atoms with E-state index < -0.39 is 0 Å². The highest BCUT2D eigenvalue weighted by atomic mass is 15.2. The summed E-state index contributed by atoms with van der Waals surface area (Å²) < 4.78 is 0. The Balaban J connectivity index is 2.09. The predicted molar refractivity (Wildman–Crippen MR) is 39.6 cm³/mol. The van der Waals surface area contributed by atoms with Crippen LogP contribution >= 0.6 is 0 Å². The van der Waals surface area contributed by atoms with Crippen molar-refractivity contribution in [3.05, 3.63) is 0 Å². The second-order valence-electron chi connectivity index (χ2n) is 4.05. The van der Waals surface area contributed by atoms with Gasteiger partial charge in [-0.1, -0.05) is 0 Å². The van der Waals surface area contributed by atoms with Gasteiger partial charge in [-0.3, -0.25) is 0 Å². The van der Waals surface area contributed by atoms with Gasteiger partial charge in [0.15, 0.2) is 0 Å². The summed E-state index contributed by atoms with van der Waals surface area (Å²) in [6.07, 6.45) is 5.68. The van der Waals surface area contributed by atoms with E-state index in [1.54, 1.807) is 4.90 Å². The van der Waals surface area contributed by atoms with Gasteiger partial charge in [0, 0.05) is 12.8 Å². The summed E-state index contributed by atoms with van der Waals surface area (Å²) in [5, 5.41) is 0. The van der Waals surface area contributed by atoms with Gasteiger partial charge < -0.3 is 10.6 Å². The molecule has 4 atom stereocenters. The number of rotatable bonds is 0. The van der Waals surface area contributed by atoms with Gasteiger partial charge in [0.1, 0.15) is 0 Å². The molecule has 2 rings (SSSR count). The third-order valence-corrected chi connectivity index (χ3v) is 3.39. The van der Waals surface area contributed by atoms with Gasteiger partial charge in [0.05, 0.1) is 38.0 Å². The maximum Gasteiger partial charge on any atom is 0.0958 e. The van der Waals surface area contributed by atoms with Crippen LogP contribution in [0.2, 0.25) is 0 Å². The molecule has 0 spiro atoms. The van der Waals surface area contributed by atoms with Crippen LogP contribution in [0.4, 0.5) is 0 Å². The second kappa shape index (κ2) is 2.21. The predicted octanol–water partition coefficient (Wildman–Crippen LogP) is -1.56. The third-order valence-electron chi connectivity index (χ3n) is 3.39. The van der Waals surface area contributed by atoms with Crippen molar-refractivity contribution in [2.75, 3.05) is 7.05 Å². The molecule has 0 aromatic heterocycles. The third kappa shape index (κ3) is 0.867. The van der Waals surface area contributed by atoms with E-state index in [4.69, 9.17) is 0 Å². The average Bonchev–Trinajstić information content (AvgIpc) is 2.20. The highest BCUT2D eigenvalue weighted by molar-refractivity contribution is 4.80. The Bertz CT molecular complexity index is 121. The largest absolute Gasteiger partial charge is 0.355 e. The van der Waals surface area contributed by atoms with E-state index in [1.807, 2.05) is 0 Å². The zero-order chi connectivity index (χ0) is 7.14. The minimum atomic E-state index is 0.765. The molecule has 0 aromatic carbocycles. The Labute approximate surface area is 62.4 Å². The maximum absolute atomic E-state index is 4.16. The summed E-state index contributed by atoms with van der Waals surface area (Å²) in [4.78, 5) is 1.79. The molecule has 2 fully saturated rings. The monoisotopic (exact) mass is 142 g/mol. The van der Waals surface area contributed by atoms with Crippen LogP contribution < -0.4 is 10.6 Å². The lowest BCUT2D eigenvalue weighted by Crippen LogP contribution is -3.16. The fourth-order valence-electron chi connectivity index (χ4n) is 2.70. The lowest BCUT2D eigenvalue weighted by molar-refractivity contribution is -0.926. The molecule has 2 aliphatic heterocycles.